The van der Waals surface area contributed by atoms with Crippen LogP contribution in [0.2, 0.25) is 5.02 Å². The van der Waals surface area contributed by atoms with E-state index in [1.165, 1.54) is 29.1 Å². The van der Waals surface area contributed by atoms with Crippen LogP contribution < -0.4 is 5.32 Å². The number of hydrogen-bond donors (Lipinski definition) is 1. The average Bonchev–Trinajstić information content (AvgIpc) is 3.34. The van der Waals surface area contributed by atoms with Gasteiger partial charge in [0.2, 0.25) is 0 Å². The van der Waals surface area contributed by atoms with Gasteiger partial charge in [0.25, 0.3) is 0 Å². The van der Waals surface area contributed by atoms with E-state index in [0.29, 0.717) is 24.7 Å². The third kappa shape index (κ3) is 4.47. The van der Waals surface area contributed by atoms with E-state index in [-0.39, 0.29) is 5.41 Å². The molecule has 1 aliphatic carbocycles. The van der Waals surface area contributed by atoms with Gasteiger partial charge in [0.05, 0.1) is 0 Å². The highest BCUT2D eigenvalue weighted by Gasteiger charge is 2.45. The van der Waals surface area contributed by atoms with Gasteiger partial charge in [-0.15, -0.1) is 10.2 Å². The van der Waals surface area contributed by atoms with Crippen molar-refractivity contribution in [2.45, 2.75) is 35.1 Å². The lowest BCUT2D eigenvalue weighted by molar-refractivity contribution is 0.134. The molecule has 140 valence electrons. The molecular weight excluding hydrogens is 392 g/mol. The number of halogens is 1. The lowest BCUT2D eigenvalue weighted by Gasteiger charge is -2.16. The van der Waals surface area contributed by atoms with Gasteiger partial charge in [-0.25, -0.2) is 4.79 Å². The van der Waals surface area contributed by atoms with Gasteiger partial charge < -0.3 is 10.1 Å². The first kappa shape index (κ1) is 19.4. The summed E-state index contributed by atoms with van der Waals surface area (Å²) in [7, 11) is 0. The van der Waals surface area contributed by atoms with E-state index in [9.17, 15) is 4.79 Å². The van der Waals surface area contributed by atoms with Crippen molar-refractivity contribution < 1.29 is 9.53 Å². The molecule has 9 heteroatoms. The Morgan fingerprint density at radius 1 is 1.23 bits per heavy atom. The Morgan fingerprint density at radius 3 is 2.38 bits per heavy atom. The van der Waals surface area contributed by atoms with Crippen molar-refractivity contribution in [1.29, 1.82) is 0 Å². The maximum absolute atomic E-state index is 12.0. The maximum Gasteiger partial charge on any atom is 0.407 e. The molecule has 2 aromatic rings. The quantitative estimate of drug-likeness (QED) is 0.664. The van der Waals surface area contributed by atoms with Crippen LogP contribution in [0.1, 0.15) is 18.4 Å². The zero-order chi connectivity index (χ0) is 18.6. The Bertz CT molecular complexity index is 741. The van der Waals surface area contributed by atoms with Gasteiger partial charge in [-0.1, -0.05) is 47.3 Å². The van der Waals surface area contributed by atoms with Crippen LogP contribution in [0.5, 0.6) is 0 Å². The summed E-state index contributed by atoms with van der Waals surface area (Å²) in [6.07, 6.45) is 5.57. The SMILES string of the molecule is CSc1nnc(SC)n1CCNC(=O)OCC1(c2ccc(Cl)cc2)CC1. The van der Waals surface area contributed by atoms with Crippen LogP contribution in [0.15, 0.2) is 34.6 Å². The number of amides is 1. The van der Waals surface area contributed by atoms with Crippen molar-refractivity contribution in [3.05, 3.63) is 34.9 Å². The number of aromatic nitrogens is 3. The van der Waals surface area contributed by atoms with E-state index in [0.717, 1.165) is 23.2 Å². The van der Waals surface area contributed by atoms with Crippen LogP contribution in [-0.4, -0.2) is 46.5 Å². The Kier molecular flexibility index (Phi) is 6.37. The highest BCUT2D eigenvalue weighted by Crippen LogP contribution is 2.48. The third-order valence-electron chi connectivity index (χ3n) is 4.44. The summed E-state index contributed by atoms with van der Waals surface area (Å²) in [5.41, 5.74) is 1.13. The number of carbonyl (C=O) groups is 1. The first-order valence-corrected chi connectivity index (χ1v) is 11.1. The van der Waals surface area contributed by atoms with E-state index in [1.807, 2.05) is 41.3 Å². The van der Waals surface area contributed by atoms with E-state index in [4.69, 9.17) is 16.3 Å². The lowest BCUT2D eigenvalue weighted by Crippen LogP contribution is -2.30. The maximum atomic E-state index is 12.0. The summed E-state index contributed by atoms with van der Waals surface area (Å²) in [4.78, 5) is 12.0. The molecule has 1 saturated carbocycles. The number of carbonyl (C=O) groups excluding carboxylic acids is 1. The number of alkyl carbamates (subject to hydrolysis) is 1. The van der Waals surface area contributed by atoms with Gasteiger partial charge in [0.15, 0.2) is 10.3 Å². The Morgan fingerprint density at radius 2 is 1.85 bits per heavy atom. The van der Waals surface area contributed by atoms with Crippen molar-refractivity contribution in [1.82, 2.24) is 20.1 Å². The predicted molar refractivity (Wildman–Crippen MR) is 105 cm³/mol. The molecule has 1 heterocycles. The number of ether oxygens (including phenoxy) is 1. The molecule has 3 rings (SSSR count). The normalized spacial score (nSPS) is 14.9. The van der Waals surface area contributed by atoms with E-state index in [1.54, 1.807) is 0 Å². The Labute approximate surface area is 166 Å². The minimum atomic E-state index is -0.394. The van der Waals surface area contributed by atoms with Crippen LogP contribution in [0.3, 0.4) is 0 Å². The average molecular weight is 413 g/mol. The fourth-order valence-electron chi connectivity index (χ4n) is 2.76. The second kappa shape index (κ2) is 8.54. The van der Waals surface area contributed by atoms with Gasteiger partial charge in [0, 0.05) is 23.5 Å². The van der Waals surface area contributed by atoms with Crippen molar-refractivity contribution >= 4 is 41.2 Å². The number of thioether (sulfide) groups is 2. The van der Waals surface area contributed by atoms with E-state index < -0.39 is 6.09 Å². The molecule has 0 saturated heterocycles. The molecule has 0 radical (unpaired) electrons. The number of hydrogen-bond acceptors (Lipinski definition) is 6. The fourth-order valence-corrected chi connectivity index (χ4v) is 3.99. The monoisotopic (exact) mass is 412 g/mol. The number of nitrogens with zero attached hydrogens (tertiary/aromatic N) is 3. The van der Waals surface area contributed by atoms with Crippen molar-refractivity contribution in [2.75, 3.05) is 25.7 Å². The second-order valence-corrected chi connectivity index (χ2v) is 8.10. The zero-order valence-corrected chi connectivity index (χ0v) is 17.1. The summed E-state index contributed by atoms with van der Waals surface area (Å²) in [5, 5.41) is 13.4. The standard InChI is InChI=1S/C17H21ClN4O2S2/c1-25-14-20-21-15(26-2)22(14)10-9-19-16(23)24-11-17(7-8-17)12-3-5-13(18)6-4-12/h3-6H,7-11H2,1-2H3,(H,19,23). The molecule has 1 N–H and O–H groups in total. The summed E-state index contributed by atoms with van der Waals surface area (Å²) >= 11 is 9.01. The van der Waals surface area contributed by atoms with Gasteiger partial charge in [-0.2, -0.15) is 0 Å². The van der Waals surface area contributed by atoms with Gasteiger partial charge in [0.1, 0.15) is 6.61 Å². The third-order valence-corrected chi connectivity index (χ3v) is 6.03. The van der Waals surface area contributed by atoms with Crippen LogP contribution in [0, 0.1) is 0 Å². The Balaban J connectivity index is 1.46. The van der Waals surface area contributed by atoms with Crippen LogP contribution in [-0.2, 0) is 16.7 Å². The summed E-state index contributed by atoms with van der Waals surface area (Å²) in [6, 6.07) is 7.78. The molecule has 0 bridgehead atoms. The molecule has 0 atom stereocenters. The molecule has 6 nitrogen and oxygen atoms in total. The van der Waals surface area contributed by atoms with E-state index in [2.05, 4.69) is 15.5 Å². The molecular formula is C17H21ClN4O2S2. The smallest absolute Gasteiger partial charge is 0.407 e. The molecule has 1 aromatic heterocycles. The molecule has 0 spiro atoms. The topological polar surface area (TPSA) is 69.0 Å². The highest BCUT2D eigenvalue weighted by atomic mass is 35.5. The first-order valence-electron chi connectivity index (χ1n) is 8.26. The summed E-state index contributed by atoms with van der Waals surface area (Å²) < 4.78 is 7.44. The molecule has 1 fully saturated rings. The largest absolute Gasteiger partial charge is 0.449 e. The van der Waals surface area contributed by atoms with Crippen molar-refractivity contribution in [2.24, 2.45) is 0 Å². The van der Waals surface area contributed by atoms with Crippen LogP contribution in [0.25, 0.3) is 0 Å². The fraction of sp³-hybridized carbons (Fsp3) is 0.471. The molecule has 1 amide bonds. The minimum absolute atomic E-state index is 0.0474. The second-order valence-electron chi connectivity index (χ2n) is 6.12. The highest BCUT2D eigenvalue weighted by molar-refractivity contribution is 7.99. The summed E-state index contributed by atoms with van der Waals surface area (Å²) in [6.45, 7) is 1.46. The molecule has 26 heavy (non-hydrogen) atoms. The van der Waals surface area contributed by atoms with E-state index >= 15 is 0 Å². The zero-order valence-electron chi connectivity index (χ0n) is 14.7. The minimum Gasteiger partial charge on any atom is -0.449 e. The van der Waals surface area contributed by atoms with Crippen molar-refractivity contribution in [3.8, 4) is 0 Å². The molecule has 0 aliphatic heterocycles. The first-order chi connectivity index (χ1) is 12.6. The molecule has 0 unspecified atom stereocenters. The lowest BCUT2D eigenvalue weighted by atomic mass is 9.97. The van der Waals surface area contributed by atoms with Gasteiger partial charge in [-0.05, 0) is 43.0 Å². The van der Waals surface area contributed by atoms with Gasteiger partial charge >= 0.3 is 6.09 Å². The van der Waals surface area contributed by atoms with Crippen molar-refractivity contribution in [3.63, 3.8) is 0 Å². The molecule has 1 aliphatic rings. The molecule has 1 aromatic carbocycles. The summed E-state index contributed by atoms with van der Waals surface area (Å²) in [5.74, 6) is 0. The number of nitrogens with one attached hydrogen (secondary N) is 1. The number of benzene rings is 1. The van der Waals surface area contributed by atoms with Crippen LogP contribution in [0.4, 0.5) is 4.79 Å². The van der Waals surface area contributed by atoms with Gasteiger partial charge in [-0.3, -0.25) is 4.57 Å². The Hall–Kier alpha value is -1.38. The number of rotatable bonds is 8. The van der Waals surface area contributed by atoms with Crippen LogP contribution >= 0.6 is 35.1 Å². The predicted octanol–water partition coefficient (Wildman–Crippen LogP) is 3.83.